The van der Waals surface area contributed by atoms with Crippen LogP contribution in [0.1, 0.15) is 26.8 Å². The summed E-state index contributed by atoms with van der Waals surface area (Å²) in [4.78, 5) is 22.7. The Hall–Kier alpha value is -3.31. The number of carbonyl (C=O) groups is 1. The first-order chi connectivity index (χ1) is 14.0. The van der Waals surface area contributed by atoms with E-state index in [2.05, 4.69) is 20.4 Å². The number of hydrazone groups is 1. The molecule has 0 radical (unpaired) electrons. The van der Waals surface area contributed by atoms with Crippen molar-refractivity contribution in [1.82, 2.24) is 20.3 Å². The molecule has 29 heavy (non-hydrogen) atoms. The maximum atomic E-state index is 13.1. The van der Waals surface area contributed by atoms with Gasteiger partial charge in [0.15, 0.2) is 5.13 Å². The number of anilines is 1. The van der Waals surface area contributed by atoms with E-state index in [1.165, 1.54) is 40.8 Å². The Labute approximate surface area is 169 Å². The molecule has 2 aromatic heterocycles. The average Bonchev–Trinajstić information content (AvgIpc) is 3.43. The number of carbonyl (C=O) groups excluding carboxylic acids is 1. The van der Waals surface area contributed by atoms with Crippen LogP contribution in [0.3, 0.4) is 0 Å². The molecule has 0 spiro atoms. The van der Waals surface area contributed by atoms with E-state index in [1.54, 1.807) is 19.1 Å². The summed E-state index contributed by atoms with van der Waals surface area (Å²) in [7, 11) is 0. The molecule has 2 N–H and O–H groups in total. The zero-order chi connectivity index (χ0) is 20.4. The van der Waals surface area contributed by atoms with E-state index in [0.717, 1.165) is 16.9 Å². The van der Waals surface area contributed by atoms with E-state index < -0.39 is 6.35 Å². The van der Waals surface area contributed by atoms with Crippen LogP contribution >= 0.6 is 11.3 Å². The fourth-order valence-corrected chi connectivity index (χ4v) is 3.68. The molecule has 3 heterocycles. The fraction of sp³-hybridized carbons (Fsp3) is 0.222. The Morgan fingerprint density at radius 2 is 2.17 bits per heavy atom. The highest BCUT2D eigenvalue weighted by Crippen LogP contribution is 2.29. The van der Waals surface area contributed by atoms with Crippen molar-refractivity contribution in [3.05, 3.63) is 64.6 Å². The molecule has 1 aliphatic rings. The fourth-order valence-electron chi connectivity index (χ4n) is 2.71. The number of hydrogen-bond donors (Lipinski definition) is 2. The molecule has 0 bridgehead atoms. The molecule has 150 valence electrons. The molecule has 3 aromatic rings. The van der Waals surface area contributed by atoms with Crippen LogP contribution in [-0.2, 0) is 13.1 Å². The van der Waals surface area contributed by atoms with Gasteiger partial charge in [0.1, 0.15) is 23.3 Å². The van der Waals surface area contributed by atoms with E-state index in [1.807, 2.05) is 0 Å². The van der Waals surface area contributed by atoms with Crippen molar-refractivity contribution in [2.24, 2.45) is 5.10 Å². The molecule has 0 fully saturated rings. The summed E-state index contributed by atoms with van der Waals surface area (Å²) in [5, 5.41) is 19.4. The van der Waals surface area contributed by atoms with Crippen molar-refractivity contribution >= 4 is 28.7 Å². The van der Waals surface area contributed by atoms with Gasteiger partial charge in [-0.2, -0.15) is 5.10 Å². The standard InChI is InChI=1S/C18H17FN6O3S/c1-11-15(16(26)21-8-14-20-6-7-28-14)29-17(23-11)24-10-22-25(18(24)27)9-12-2-4-13(19)5-3-12/h2-7,10,18,27H,8-9H2,1H3,(H,21,26). The highest BCUT2D eigenvalue weighted by molar-refractivity contribution is 7.17. The van der Waals surface area contributed by atoms with E-state index in [9.17, 15) is 14.3 Å². The van der Waals surface area contributed by atoms with Crippen LogP contribution in [0, 0.1) is 12.7 Å². The molecule has 0 aliphatic carbocycles. The number of nitrogens with one attached hydrogen (secondary N) is 1. The summed E-state index contributed by atoms with van der Waals surface area (Å²) in [6, 6.07) is 5.97. The quantitative estimate of drug-likeness (QED) is 0.633. The second-order valence-corrected chi connectivity index (χ2v) is 7.21. The summed E-state index contributed by atoms with van der Waals surface area (Å²) < 4.78 is 18.1. The largest absolute Gasteiger partial charge is 0.447 e. The van der Waals surface area contributed by atoms with Gasteiger partial charge in [-0.25, -0.2) is 19.4 Å². The van der Waals surface area contributed by atoms with Gasteiger partial charge in [0.2, 0.25) is 12.2 Å². The molecule has 1 aliphatic heterocycles. The molecule has 1 amide bonds. The van der Waals surface area contributed by atoms with Gasteiger partial charge >= 0.3 is 0 Å². The average molecular weight is 416 g/mol. The number of oxazole rings is 1. The van der Waals surface area contributed by atoms with Crippen LogP contribution in [0.4, 0.5) is 9.52 Å². The lowest BCUT2D eigenvalue weighted by Crippen LogP contribution is -2.39. The van der Waals surface area contributed by atoms with Crippen molar-refractivity contribution in [3.8, 4) is 0 Å². The highest BCUT2D eigenvalue weighted by atomic mass is 32.1. The van der Waals surface area contributed by atoms with Crippen molar-refractivity contribution in [1.29, 1.82) is 0 Å². The predicted molar refractivity (Wildman–Crippen MR) is 103 cm³/mol. The number of thiazole rings is 1. The third kappa shape index (κ3) is 4.10. The number of amides is 1. The minimum absolute atomic E-state index is 0.164. The Kier molecular flexibility index (Phi) is 5.23. The topological polar surface area (TPSA) is 107 Å². The Morgan fingerprint density at radius 3 is 2.90 bits per heavy atom. The van der Waals surface area contributed by atoms with Gasteiger partial charge in [-0.15, -0.1) is 0 Å². The van der Waals surface area contributed by atoms with Crippen LogP contribution in [0.2, 0.25) is 0 Å². The number of halogens is 1. The number of aliphatic hydroxyl groups is 1. The number of hydrogen-bond acceptors (Lipinski definition) is 9. The lowest BCUT2D eigenvalue weighted by molar-refractivity contribution is 0.0212. The zero-order valence-corrected chi connectivity index (χ0v) is 16.1. The zero-order valence-electron chi connectivity index (χ0n) is 15.3. The van der Waals surface area contributed by atoms with Gasteiger partial charge in [-0.3, -0.25) is 9.69 Å². The van der Waals surface area contributed by atoms with E-state index >= 15 is 0 Å². The number of nitrogens with zero attached hydrogens (tertiary/aromatic N) is 5. The van der Waals surface area contributed by atoms with Crippen LogP contribution in [0.5, 0.6) is 0 Å². The summed E-state index contributed by atoms with van der Waals surface area (Å²) >= 11 is 1.14. The third-order valence-corrected chi connectivity index (χ3v) is 5.36. The summed E-state index contributed by atoms with van der Waals surface area (Å²) in [5.41, 5.74) is 1.33. The second kappa shape index (κ2) is 7.97. The van der Waals surface area contributed by atoms with E-state index in [-0.39, 0.29) is 18.3 Å². The third-order valence-electron chi connectivity index (χ3n) is 4.19. The van der Waals surface area contributed by atoms with Crippen molar-refractivity contribution in [3.63, 3.8) is 0 Å². The first-order valence-corrected chi connectivity index (χ1v) is 9.48. The first kappa shape index (κ1) is 19.0. The first-order valence-electron chi connectivity index (χ1n) is 8.67. The summed E-state index contributed by atoms with van der Waals surface area (Å²) in [6.07, 6.45) is 3.29. The lowest BCUT2D eigenvalue weighted by Gasteiger charge is -2.24. The lowest BCUT2D eigenvalue weighted by atomic mass is 10.2. The molecular weight excluding hydrogens is 399 g/mol. The van der Waals surface area contributed by atoms with Gasteiger partial charge in [-0.1, -0.05) is 23.5 Å². The minimum Gasteiger partial charge on any atom is -0.447 e. The molecule has 0 saturated heterocycles. The SMILES string of the molecule is Cc1nc(N2C=NN(Cc3ccc(F)cc3)C2O)sc1C(=O)NCc1ncco1. The summed E-state index contributed by atoms with van der Waals surface area (Å²) in [5.74, 6) is -0.231. The maximum Gasteiger partial charge on any atom is 0.263 e. The molecule has 4 rings (SSSR count). The summed E-state index contributed by atoms with van der Waals surface area (Å²) in [6.45, 7) is 2.18. The smallest absolute Gasteiger partial charge is 0.263 e. The Bertz CT molecular complexity index is 1020. The molecule has 9 nitrogen and oxygen atoms in total. The molecular formula is C18H17FN6O3S. The number of aromatic nitrogens is 2. The van der Waals surface area contributed by atoms with Crippen molar-refractivity contribution < 1.29 is 18.7 Å². The molecule has 0 saturated carbocycles. The number of benzene rings is 1. The number of rotatable bonds is 6. The molecule has 1 unspecified atom stereocenters. The monoisotopic (exact) mass is 416 g/mol. The van der Waals surface area contributed by atoms with Crippen molar-refractivity contribution in [2.45, 2.75) is 26.4 Å². The van der Waals surface area contributed by atoms with Crippen LogP contribution in [0.25, 0.3) is 0 Å². The molecule has 1 atom stereocenters. The minimum atomic E-state index is -1.09. The van der Waals surface area contributed by atoms with Crippen LogP contribution < -0.4 is 10.2 Å². The van der Waals surface area contributed by atoms with E-state index in [4.69, 9.17) is 4.42 Å². The van der Waals surface area contributed by atoms with Gasteiger partial charge in [0.05, 0.1) is 25.0 Å². The Morgan fingerprint density at radius 1 is 1.38 bits per heavy atom. The van der Waals surface area contributed by atoms with Gasteiger partial charge in [0.25, 0.3) is 5.91 Å². The Balaban J connectivity index is 1.42. The van der Waals surface area contributed by atoms with Gasteiger partial charge in [-0.05, 0) is 24.6 Å². The maximum absolute atomic E-state index is 13.1. The van der Waals surface area contributed by atoms with E-state index in [0.29, 0.717) is 28.1 Å². The van der Waals surface area contributed by atoms with Crippen LogP contribution in [0.15, 0.2) is 46.2 Å². The highest BCUT2D eigenvalue weighted by Gasteiger charge is 2.30. The number of aryl methyl sites for hydroxylation is 1. The molecule has 11 heteroatoms. The van der Waals surface area contributed by atoms with Gasteiger partial charge in [0, 0.05) is 0 Å². The second-order valence-electron chi connectivity index (χ2n) is 6.23. The van der Waals surface area contributed by atoms with Crippen molar-refractivity contribution in [2.75, 3.05) is 4.90 Å². The van der Waals surface area contributed by atoms with Crippen LogP contribution in [-0.4, -0.2) is 38.7 Å². The van der Waals surface area contributed by atoms with Gasteiger partial charge < -0.3 is 14.8 Å². The predicted octanol–water partition coefficient (Wildman–Crippen LogP) is 2.05. The molecule has 1 aromatic carbocycles. The number of aliphatic hydroxyl groups excluding tert-OH is 1. The normalized spacial score (nSPS) is 15.9.